The number of benzene rings is 1. The maximum atomic E-state index is 10.6. The molecule has 0 aliphatic heterocycles. The van der Waals surface area contributed by atoms with Gasteiger partial charge in [-0.1, -0.05) is 23.8 Å². The maximum Gasteiger partial charge on any atom is 0.269 e. The Labute approximate surface area is 98.6 Å². The molecule has 86 valence electrons. The van der Waals surface area contributed by atoms with E-state index in [2.05, 4.69) is 0 Å². The zero-order chi connectivity index (χ0) is 12.0. The fraction of sp³-hybridized carbons (Fsp3) is 0.273. The molecule has 0 bridgehead atoms. The lowest BCUT2D eigenvalue weighted by atomic mass is 10.2. The van der Waals surface area contributed by atoms with Crippen molar-refractivity contribution < 1.29 is 9.66 Å². The van der Waals surface area contributed by atoms with Gasteiger partial charge in [0.1, 0.15) is 0 Å². The van der Waals surface area contributed by atoms with Gasteiger partial charge >= 0.3 is 0 Å². The second-order valence-electron chi connectivity index (χ2n) is 3.12. The largest absolute Gasteiger partial charge is 0.373 e. The average Bonchev–Trinajstić information content (AvgIpc) is 2.26. The van der Waals surface area contributed by atoms with E-state index >= 15 is 0 Å². The summed E-state index contributed by atoms with van der Waals surface area (Å²) in [5.41, 5.74) is 0.648. The molecule has 0 atom stereocenters. The Balaban J connectivity index is 2.70. The van der Waals surface area contributed by atoms with Crippen molar-refractivity contribution in [2.75, 3.05) is 6.61 Å². The molecule has 0 aromatic heterocycles. The molecule has 1 aromatic rings. The molecule has 16 heavy (non-hydrogen) atoms. The number of hydrogen-bond donors (Lipinski definition) is 0. The fourth-order valence-electron chi connectivity index (χ4n) is 1.12. The molecule has 0 heterocycles. The number of hydrogen-bond acceptors (Lipinski definition) is 3. The van der Waals surface area contributed by atoms with Gasteiger partial charge in [-0.15, -0.1) is 0 Å². The summed E-state index contributed by atoms with van der Waals surface area (Å²) in [5, 5.41) is 11.0. The van der Waals surface area contributed by atoms with E-state index in [4.69, 9.17) is 16.3 Å². The molecule has 0 amide bonds. The Bertz CT molecular complexity index is 404. The molecule has 0 radical (unpaired) electrons. The van der Waals surface area contributed by atoms with Crippen LogP contribution in [-0.2, 0) is 11.3 Å². The van der Waals surface area contributed by atoms with Crippen LogP contribution in [0.15, 0.2) is 30.4 Å². The van der Waals surface area contributed by atoms with Crippen molar-refractivity contribution in [3.05, 3.63) is 51.1 Å². The zero-order valence-electron chi connectivity index (χ0n) is 8.85. The highest BCUT2D eigenvalue weighted by molar-refractivity contribution is 6.31. The van der Waals surface area contributed by atoms with Gasteiger partial charge in [0.2, 0.25) is 0 Å². The summed E-state index contributed by atoms with van der Waals surface area (Å²) >= 11 is 5.89. The molecule has 0 saturated carbocycles. The molecule has 0 unspecified atom stereocenters. The van der Waals surface area contributed by atoms with E-state index in [0.29, 0.717) is 17.2 Å². The minimum absolute atomic E-state index is 0.0223. The quantitative estimate of drug-likeness (QED) is 0.344. The van der Waals surface area contributed by atoms with Crippen molar-refractivity contribution in [1.29, 1.82) is 0 Å². The summed E-state index contributed by atoms with van der Waals surface area (Å²) in [7, 11) is 0. The topological polar surface area (TPSA) is 52.4 Å². The maximum absolute atomic E-state index is 10.6. The van der Waals surface area contributed by atoms with Gasteiger partial charge in [-0.05, 0) is 13.0 Å². The predicted octanol–water partition coefficient (Wildman–Crippen LogP) is 3.34. The van der Waals surface area contributed by atoms with Crippen molar-refractivity contribution in [3.8, 4) is 0 Å². The van der Waals surface area contributed by atoms with Crippen LogP contribution in [0.1, 0.15) is 12.5 Å². The number of nitrogens with zero attached hydrogens (tertiary/aromatic N) is 1. The zero-order valence-corrected chi connectivity index (χ0v) is 9.61. The lowest BCUT2D eigenvalue weighted by molar-refractivity contribution is -0.384. The number of halogens is 1. The number of non-ortho nitro benzene ring substituents is 1. The Morgan fingerprint density at radius 2 is 2.31 bits per heavy atom. The number of nitro benzene ring substituents is 1. The molecular weight excluding hydrogens is 230 g/mol. The third-order valence-electron chi connectivity index (χ3n) is 1.95. The number of nitro groups is 1. The molecule has 1 rings (SSSR count). The second-order valence-corrected chi connectivity index (χ2v) is 3.52. The van der Waals surface area contributed by atoms with Crippen LogP contribution in [0.25, 0.3) is 0 Å². The molecule has 0 fully saturated rings. The van der Waals surface area contributed by atoms with Gasteiger partial charge < -0.3 is 4.74 Å². The van der Waals surface area contributed by atoms with Crippen LogP contribution in [0, 0.1) is 10.1 Å². The molecule has 4 nitrogen and oxygen atoms in total. The Hall–Kier alpha value is -1.39. The standard InChI is InChI=1S/C11H12ClNO3/c1-2-3-6-16-8-9-7-10(13(14)15)4-5-11(9)12/h2-5,7H,6,8H2,1H3. The number of rotatable bonds is 5. The van der Waals surface area contributed by atoms with Crippen LogP contribution in [0.3, 0.4) is 0 Å². The van der Waals surface area contributed by atoms with Crippen molar-refractivity contribution in [1.82, 2.24) is 0 Å². The van der Waals surface area contributed by atoms with E-state index in [1.165, 1.54) is 18.2 Å². The fourth-order valence-corrected chi connectivity index (χ4v) is 1.29. The summed E-state index contributed by atoms with van der Waals surface area (Å²) in [6.07, 6.45) is 3.72. The van der Waals surface area contributed by atoms with Crippen molar-refractivity contribution in [3.63, 3.8) is 0 Å². The number of allylic oxidation sites excluding steroid dienone is 1. The Morgan fingerprint density at radius 1 is 1.56 bits per heavy atom. The molecule has 0 spiro atoms. The van der Waals surface area contributed by atoms with Crippen molar-refractivity contribution in [2.24, 2.45) is 0 Å². The summed E-state index contributed by atoms with van der Waals surface area (Å²) in [4.78, 5) is 10.1. The van der Waals surface area contributed by atoms with Crippen molar-refractivity contribution >= 4 is 17.3 Å². The minimum Gasteiger partial charge on any atom is -0.373 e. The summed E-state index contributed by atoms with van der Waals surface area (Å²) in [6.45, 7) is 2.63. The molecule has 0 aliphatic rings. The summed E-state index contributed by atoms with van der Waals surface area (Å²) in [5.74, 6) is 0. The summed E-state index contributed by atoms with van der Waals surface area (Å²) in [6, 6.07) is 4.31. The molecule has 5 heteroatoms. The van der Waals surface area contributed by atoms with E-state index in [1.807, 2.05) is 19.1 Å². The second kappa shape index (κ2) is 6.25. The Kier molecular flexibility index (Phi) is 4.95. The normalized spacial score (nSPS) is 10.9. The van der Waals surface area contributed by atoms with Gasteiger partial charge in [0.15, 0.2) is 0 Å². The molecule has 0 saturated heterocycles. The minimum atomic E-state index is -0.453. The van der Waals surface area contributed by atoms with Gasteiger partial charge in [-0.25, -0.2) is 0 Å². The lowest BCUT2D eigenvalue weighted by Crippen LogP contribution is -1.96. The smallest absolute Gasteiger partial charge is 0.269 e. The van der Waals surface area contributed by atoms with Gasteiger partial charge in [-0.2, -0.15) is 0 Å². The molecule has 1 aromatic carbocycles. The number of ether oxygens (including phenoxy) is 1. The molecular formula is C11H12ClNO3. The van der Waals surface area contributed by atoms with E-state index in [9.17, 15) is 10.1 Å². The first-order chi connectivity index (χ1) is 7.65. The SMILES string of the molecule is CC=CCOCc1cc([N+](=O)[O-])ccc1Cl. The molecule has 0 N–H and O–H groups in total. The Morgan fingerprint density at radius 3 is 2.94 bits per heavy atom. The van der Waals surface area contributed by atoms with Gasteiger partial charge in [0.25, 0.3) is 5.69 Å². The van der Waals surface area contributed by atoms with E-state index in [0.717, 1.165) is 0 Å². The van der Waals surface area contributed by atoms with Crippen LogP contribution in [0.2, 0.25) is 5.02 Å². The van der Waals surface area contributed by atoms with Crippen LogP contribution >= 0.6 is 11.6 Å². The van der Waals surface area contributed by atoms with Crippen LogP contribution < -0.4 is 0 Å². The monoisotopic (exact) mass is 241 g/mol. The van der Waals surface area contributed by atoms with Gasteiger partial charge in [0.05, 0.1) is 18.1 Å². The highest BCUT2D eigenvalue weighted by Gasteiger charge is 2.09. The first kappa shape index (κ1) is 12.7. The lowest BCUT2D eigenvalue weighted by Gasteiger charge is -2.04. The van der Waals surface area contributed by atoms with Gasteiger partial charge in [0, 0.05) is 22.7 Å². The highest BCUT2D eigenvalue weighted by atomic mass is 35.5. The van der Waals surface area contributed by atoms with Gasteiger partial charge in [-0.3, -0.25) is 10.1 Å². The first-order valence-electron chi connectivity index (χ1n) is 4.77. The van der Waals surface area contributed by atoms with E-state index in [1.54, 1.807) is 0 Å². The first-order valence-corrected chi connectivity index (χ1v) is 5.14. The van der Waals surface area contributed by atoms with E-state index in [-0.39, 0.29) is 12.3 Å². The summed E-state index contributed by atoms with van der Waals surface area (Å²) < 4.78 is 5.28. The van der Waals surface area contributed by atoms with E-state index < -0.39 is 4.92 Å². The third-order valence-corrected chi connectivity index (χ3v) is 2.32. The third kappa shape index (κ3) is 3.64. The highest BCUT2D eigenvalue weighted by Crippen LogP contribution is 2.22. The molecule has 0 aliphatic carbocycles. The van der Waals surface area contributed by atoms with Crippen LogP contribution in [0.4, 0.5) is 5.69 Å². The predicted molar refractivity (Wildman–Crippen MR) is 62.6 cm³/mol. The van der Waals surface area contributed by atoms with Crippen LogP contribution in [-0.4, -0.2) is 11.5 Å². The van der Waals surface area contributed by atoms with Crippen molar-refractivity contribution in [2.45, 2.75) is 13.5 Å². The average molecular weight is 242 g/mol. The van der Waals surface area contributed by atoms with Crippen LogP contribution in [0.5, 0.6) is 0 Å².